The number of nitrogens with one attached hydrogen (secondary N) is 2. The third kappa shape index (κ3) is 11.9. The average Bonchev–Trinajstić information content (AvgIpc) is 2.69. The molecule has 2 atom stereocenters. The van der Waals surface area contributed by atoms with Gasteiger partial charge in [-0.05, 0) is 38.2 Å². The first-order chi connectivity index (χ1) is 15.2. The van der Waals surface area contributed by atoms with Crippen LogP contribution in [0.2, 0.25) is 0 Å². The summed E-state index contributed by atoms with van der Waals surface area (Å²) in [6.07, 6.45) is -0.916. The van der Waals surface area contributed by atoms with Crippen molar-refractivity contribution in [1.29, 1.82) is 0 Å². The van der Waals surface area contributed by atoms with Crippen LogP contribution in [0.5, 0.6) is 0 Å². The van der Waals surface area contributed by atoms with Gasteiger partial charge < -0.3 is 24.8 Å². The molecule has 1 aromatic carbocycles. The van der Waals surface area contributed by atoms with Crippen molar-refractivity contribution in [3.8, 4) is 0 Å². The number of hydrogen-bond donors (Lipinski definition) is 2. The summed E-state index contributed by atoms with van der Waals surface area (Å²) in [4.78, 5) is 49.7. The fraction of sp³-hybridized carbons (Fsp3) is 0.583. The number of amides is 2. The predicted octanol–water partition coefficient (Wildman–Crippen LogP) is 3.11. The summed E-state index contributed by atoms with van der Waals surface area (Å²) < 4.78 is 15.2. The molecule has 184 valence electrons. The average molecular weight is 465 g/mol. The van der Waals surface area contributed by atoms with Crippen molar-refractivity contribution >= 4 is 23.9 Å². The van der Waals surface area contributed by atoms with E-state index in [0.717, 1.165) is 12.7 Å². The monoisotopic (exact) mass is 464 g/mol. The molecule has 0 aliphatic heterocycles. The Kier molecular flexibility index (Phi) is 10.3. The lowest BCUT2D eigenvalue weighted by atomic mass is 9.87. The zero-order valence-electron chi connectivity index (χ0n) is 20.5. The van der Waals surface area contributed by atoms with Crippen molar-refractivity contribution in [1.82, 2.24) is 10.6 Å². The second-order valence-corrected chi connectivity index (χ2v) is 9.90. The van der Waals surface area contributed by atoms with Gasteiger partial charge in [-0.3, -0.25) is 9.59 Å². The standard InChI is InChI=1S/C24H36N2O7/c1-23(2,3)14-18(26-22(30)32-15-16-11-9-8-10-12-16)20(28)25-17(21(29)31-7)13-19(27)33-24(4,5)6/h8-12,17-18H,13-15H2,1-7H3,(H,25,28)(H,26,30)/t17-,18+/m0/s1. The van der Waals surface area contributed by atoms with Crippen LogP contribution in [-0.2, 0) is 35.2 Å². The fourth-order valence-corrected chi connectivity index (χ4v) is 2.89. The lowest BCUT2D eigenvalue weighted by Gasteiger charge is -2.27. The highest BCUT2D eigenvalue weighted by atomic mass is 16.6. The van der Waals surface area contributed by atoms with Crippen molar-refractivity contribution in [3.05, 3.63) is 35.9 Å². The van der Waals surface area contributed by atoms with Gasteiger partial charge in [0.05, 0.1) is 13.5 Å². The molecule has 0 radical (unpaired) electrons. The maximum atomic E-state index is 13.0. The van der Waals surface area contributed by atoms with Crippen LogP contribution >= 0.6 is 0 Å². The molecular formula is C24H36N2O7. The molecule has 0 heterocycles. The zero-order valence-corrected chi connectivity index (χ0v) is 20.5. The van der Waals surface area contributed by atoms with Crippen LogP contribution in [0.15, 0.2) is 30.3 Å². The van der Waals surface area contributed by atoms with Crippen LogP contribution in [0, 0.1) is 5.41 Å². The van der Waals surface area contributed by atoms with Gasteiger partial charge in [0.1, 0.15) is 24.3 Å². The smallest absolute Gasteiger partial charge is 0.408 e. The molecule has 0 aromatic heterocycles. The first-order valence-electron chi connectivity index (χ1n) is 10.8. The molecule has 0 aliphatic carbocycles. The zero-order chi connectivity index (χ0) is 25.2. The number of rotatable bonds is 9. The van der Waals surface area contributed by atoms with E-state index in [9.17, 15) is 19.2 Å². The lowest BCUT2D eigenvalue weighted by molar-refractivity contribution is -0.159. The van der Waals surface area contributed by atoms with Gasteiger partial charge in [0.15, 0.2) is 0 Å². The van der Waals surface area contributed by atoms with Gasteiger partial charge in [-0.1, -0.05) is 51.1 Å². The van der Waals surface area contributed by atoms with Crippen molar-refractivity contribution < 1.29 is 33.4 Å². The van der Waals surface area contributed by atoms with Gasteiger partial charge in [-0.25, -0.2) is 9.59 Å². The number of carbonyl (C=O) groups is 4. The summed E-state index contributed by atoms with van der Waals surface area (Å²) in [6.45, 7) is 10.8. The van der Waals surface area contributed by atoms with Gasteiger partial charge >= 0.3 is 18.0 Å². The normalized spacial score (nSPS) is 13.3. The summed E-state index contributed by atoms with van der Waals surface area (Å²) in [5.41, 5.74) is -0.283. The molecule has 9 heteroatoms. The number of benzene rings is 1. The highest BCUT2D eigenvalue weighted by molar-refractivity contribution is 5.91. The first kappa shape index (κ1) is 27.9. The highest BCUT2D eigenvalue weighted by Crippen LogP contribution is 2.21. The Morgan fingerprint density at radius 1 is 0.909 bits per heavy atom. The number of carbonyl (C=O) groups excluding carboxylic acids is 4. The van der Waals surface area contributed by atoms with E-state index in [1.807, 2.05) is 51.1 Å². The number of alkyl carbamates (subject to hydrolysis) is 1. The Morgan fingerprint density at radius 3 is 2.03 bits per heavy atom. The van der Waals surface area contributed by atoms with E-state index in [4.69, 9.17) is 14.2 Å². The highest BCUT2D eigenvalue weighted by Gasteiger charge is 2.32. The Hall–Kier alpha value is -3.10. The minimum atomic E-state index is -1.26. The number of methoxy groups -OCH3 is 1. The molecular weight excluding hydrogens is 428 g/mol. The second kappa shape index (κ2) is 12.2. The molecule has 9 nitrogen and oxygen atoms in total. The van der Waals surface area contributed by atoms with E-state index >= 15 is 0 Å². The van der Waals surface area contributed by atoms with E-state index in [0.29, 0.717) is 0 Å². The van der Waals surface area contributed by atoms with Crippen molar-refractivity contribution in [2.24, 2.45) is 5.41 Å². The van der Waals surface area contributed by atoms with E-state index in [2.05, 4.69) is 10.6 Å². The number of ether oxygens (including phenoxy) is 3. The molecule has 0 unspecified atom stereocenters. The minimum absolute atomic E-state index is 0.0416. The SMILES string of the molecule is COC(=O)[C@H](CC(=O)OC(C)(C)C)NC(=O)[C@@H](CC(C)(C)C)NC(=O)OCc1ccccc1. The van der Waals surface area contributed by atoms with Crippen molar-refractivity contribution in [3.63, 3.8) is 0 Å². The fourth-order valence-electron chi connectivity index (χ4n) is 2.89. The Morgan fingerprint density at radius 2 is 1.52 bits per heavy atom. The van der Waals surface area contributed by atoms with E-state index in [1.54, 1.807) is 20.8 Å². The third-order valence-electron chi connectivity index (χ3n) is 4.23. The van der Waals surface area contributed by atoms with Crippen molar-refractivity contribution in [2.45, 2.75) is 78.7 Å². The van der Waals surface area contributed by atoms with Crippen LogP contribution in [0.1, 0.15) is 59.9 Å². The van der Waals surface area contributed by atoms with Crippen LogP contribution in [-0.4, -0.2) is 48.7 Å². The molecule has 1 aromatic rings. The van der Waals surface area contributed by atoms with E-state index in [1.165, 1.54) is 0 Å². The first-order valence-corrected chi connectivity index (χ1v) is 10.8. The maximum Gasteiger partial charge on any atom is 0.408 e. The van der Waals surface area contributed by atoms with Gasteiger partial charge in [-0.15, -0.1) is 0 Å². The van der Waals surface area contributed by atoms with Gasteiger partial charge in [0, 0.05) is 0 Å². The summed E-state index contributed by atoms with van der Waals surface area (Å²) in [7, 11) is 1.16. The van der Waals surface area contributed by atoms with Crippen molar-refractivity contribution in [2.75, 3.05) is 7.11 Å². The molecule has 0 aliphatic rings. The lowest BCUT2D eigenvalue weighted by Crippen LogP contribution is -2.53. The van der Waals surface area contributed by atoms with Crippen LogP contribution in [0.3, 0.4) is 0 Å². The molecule has 2 N–H and O–H groups in total. The third-order valence-corrected chi connectivity index (χ3v) is 4.23. The van der Waals surface area contributed by atoms with Gasteiger partial charge in [0.25, 0.3) is 0 Å². The Bertz CT molecular complexity index is 810. The Balaban J connectivity index is 2.87. The minimum Gasteiger partial charge on any atom is -0.467 e. The summed E-state index contributed by atoms with van der Waals surface area (Å²) >= 11 is 0. The quantitative estimate of drug-likeness (QED) is 0.426. The largest absolute Gasteiger partial charge is 0.467 e. The molecule has 0 fully saturated rings. The van der Waals surface area contributed by atoms with Gasteiger partial charge in [-0.2, -0.15) is 0 Å². The maximum absolute atomic E-state index is 13.0. The molecule has 0 saturated heterocycles. The molecule has 0 spiro atoms. The molecule has 0 saturated carbocycles. The topological polar surface area (TPSA) is 120 Å². The van der Waals surface area contributed by atoms with Crippen LogP contribution in [0.25, 0.3) is 0 Å². The number of hydrogen-bond acceptors (Lipinski definition) is 7. The van der Waals surface area contributed by atoms with Crippen LogP contribution < -0.4 is 10.6 Å². The van der Waals surface area contributed by atoms with Gasteiger partial charge in [0.2, 0.25) is 5.91 Å². The second-order valence-electron chi connectivity index (χ2n) is 9.90. The predicted molar refractivity (Wildman–Crippen MR) is 122 cm³/mol. The number of esters is 2. The van der Waals surface area contributed by atoms with E-state index < -0.39 is 48.0 Å². The molecule has 2 amide bonds. The molecule has 1 rings (SSSR count). The van der Waals surface area contributed by atoms with Crippen LogP contribution in [0.4, 0.5) is 4.79 Å². The Labute approximate surface area is 195 Å². The molecule has 0 bridgehead atoms. The summed E-state index contributed by atoms with van der Waals surface area (Å²) in [5.74, 6) is -2.10. The molecule has 33 heavy (non-hydrogen) atoms. The van der Waals surface area contributed by atoms with E-state index in [-0.39, 0.29) is 18.4 Å². The summed E-state index contributed by atoms with van der Waals surface area (Å²) in [6, 6.07) is 6.85. The summed E-state index contributed by atoms with van der Waals surface area (Å²) in [5, 5.41) is 5.06.